The lowest BCUT2D eigenvalue weighted by atomic mass is 9.94. The molecule has 0 aromatic rings. The van der Waals surface area contributed by atoms with Crippen LogP contribution in [0, 0.1) is 5.92 Å². The fraction of sp³-hybridized carbons (Fsp3) is 1.00. The van der Waals surface area contributed by atoms with Crippen molar-refractivity contribution in [3.63, 3.8) is 0 Å². The molecule has 0 bridgehead atoms. The van der Waals surface area contributed by atoms with E-state index in [-0.39, 0.29) is 0 Å². The number of hydrogen-bond acceptors (Lipinski definition) is 3. The molecule has 0 radical (unpaired) electrons. The molecule has 2 aliphatic rings. The molecule has 0 unspecified atom stereocenters. The molecular weight excluding hydrogens is 212 g/mol. The lowest BCUT2D eigenvalue weighted by Crippen LogP contribution is -2.38. The van der Waals surface area contributed by atoms with E-state index in [2.05, 4.69) is 17.1 Å². The summed E-state index contributed by atoms with van der Waals surface area (Å²) in [6.45, 7) is 9.23. The van der Waals surface area contributed by atoms with Gasteiger partial charge in [-0.3, -0.25) is 0 Å². The quantitative estimate of drug-likeness (QED) is 0.794. The van der Waals surface area contributed by atoms with Crippen molar-refractivity contribution in [1.29, 1.82) is 0 Å². The monoisotopic (exact) mass is 240 g/mol. The second-order valence-electron chi connectivity index (χ2n) is 5.51. The molecule has 2 saturated heterocycles. The second kappa shape index (κ2) is 7.34. The van der Waals surface area contributed by atoms with E-state index in [4.69, 9.17) is 4.74 Å². The zero-order valence-corrected chi connectivity index (χ0v) is 11.3. The lowest BCUT2D eigenvalue weighted by Gasteiger charge is -2.32. The molecule has 0 aliphatic carbocycles. The third-order valence-electron chi connectivity index (χ3n) is 4.33. The normalized spacial score (nSPS) is 25.2. The van der Waals surface area contributed by atoms with Crippen LogP contribution in [0.1, 0.15) is 39.0 Å². The number of ether oxygens (including phenoxy) is 1. The molecule has 2 rings (SSSR count). The van der Waals surface area contributed by atoms with Gasteiger partial charge in [0.1, 0.15) is 0 Å². The van der Waals surface area contributed by atoms with Crippen molar-refractivity contribution < 1.29 is 4.74 Å². The number of nitrogens with one attached hydrogen (secondary N) is 1. The average Bonchev–Trinajstić information content (AvgIpc) is 2.41. The first-order valence-corrected chi connectivity index (χ1v) is 7.43. The summed E-state index contributed by atoms with van der Waals surface area (Å²) in [5.74, 6) is 0.983. The van der Waals surface area contributed by atoms with E-state index >= 15 is 0 Å². The number of likely N-dealkylation sites (tertiary alicyclic amines) is 1. The van der Waals surface area contributed by atoms with Crippen LogP contribution in [0.5, 0.6) is 0 Å². The first-order chi connectivity index (χ1) is 8.38. The van der Waals surface area contributed by atoms with E-state index in [9.17, 15) is 0 Å². The number of nitrogens with zero attached hydrogens (tertiary/aromatic N) is 1. The van der Waals surface area contributed by atoms with Crippen LogP contribution in [0.4, 0.5) is 0 Å². The average molecular weight is 240 g/mol. The van der Waals surface area contributed by atoms with E-state index in [0.717, 1.165) is 32.2 Å². The van der Waals surface area contributed by atoms with Crippen LogP contribution in [-0.2, 0) is 4.74 Å². The van der Waals surface area contributed by atoms with Gasteiger partial charge < -0.3 is 15.0 Å². The van der Waals surface area contributed by atoms with Crippen LogP contribution in [0.25, 0.3) is 0 Å². The summed E-state index contributed by atoms with van der Waals surface area (Å²) in [4.78, 5) is 2.58. The summed E-state index contributed by atoms with van der Waals surface area (Å²) in [5, 5.41) is 3.38. The first kappa shape index (κ1) is 13.3. The van der Waals surface area contributed by atoms with Gasteiger partial charge in [0.05, 0.1) is 12.7 Å². The fourth-order valence-corrected chi connectivity index (χ4v) is 2.93. The van der Waals surface area contributed by atoms with Crippen molar-refractivity contribution in [1.82, 2.24) is 10.2 Å². The Morgan fingerprint density at radius 1 is 1.12 bits per heavy atom. The van der Waals surface area contributed by atoms with Gasteiger partial charge in [-0.1, -0.05) is 13.3 Å². The molecule has 0 atom stereocenters. The highest BCUT2D eigenvalue weighted by Crippen LogP contribution is 2.19. The second-order valence-corrected chi connectivity index (χ2v) is 5.51. The summed E-state index contributed by atoms with van der Waals surface area (Å²) in [5.41, 5.74) is 0. The predicted octanol–water partition coefficient (Wildman–Crippen LogP) is 1.88. The van der Waals surface area contributed by atoms with Gasteiger partial charge in [0.15, 0.2) is 0 Å². The summed E-state index contributed by atoms with van der Waals surface area (Å²) < 4.78 is 5.96. The molecular formula is C14H28N2O. The van der Waals surface area contributed by atoms with E-state index in [0.29, 0.717) is 6.10 Å². The van der Waals surface area contributed by atoms with Gasteiger partial charge in [-0.15, -0.1) is 0 Å². The molecule has 0 spiro atoms. The third kappa shape index (κ3) is 4.57. The highest BCUT2D eigenvalue weighted by Gasteiger charge is 2.18. The van der Waals surface area contributed by atoms with Gasteiger partial charge in [-0.05, 0) is 57.8 Å². The maximum absolute atomic E-state index is 5.96. The Morgan fingerprint density at radius 2 is 1.82 bits per heavy atom. The highest BCUT2D eigenvalue weighted by molar-refractivity contribution is 4.72. The summed E-state index contributed by atoms with van der Waals surface area (Å²) >= 11 is 0. The Morgan fingerprint density at radius 3 is 2.47 bits per heavy atom. The van der Waals surface area contributed by atoms with Gasteiger partial charge in [-0.25, -0.2) is 0 Å². The van der Waals surface area contributed by atoms with Crippen LogP contribution in [0.2, 0.25) is 0 Å². The molecule has 17 heavy (non-hydrogen) atoms. The van der Waals surface area contributed by atoms with Crippen molar-refractivity contribution in [3.05, 3.63) is 0 Å². The molecule has 3 nitrogen and oxygen atoms in total. The van der Waals surface area contributed by atoms with E-state index in [1.54, 1.807) is 0 Å². The van der Waals surface area contributed by atoms with Crippen molar-refractivity contribution in [2.24, 2.45) is 5.92 Å². The largest absolute Gasteiger partial charge is 0.377 e. The number of hydrogen-bond donors (Lipinski definition) is 1. The summed E-state index contributed by atoms with van der Waals surface area (Å²) in [6.07, 6.45) is 7.05. The molecule has 0 amide bonds. The molecule has 3 heteroatoms. The maximum Gasteiger partial charge on any atom is 0.0600 e. The van der Waals surface area contributed by atoms with Gasteiger partial charge in [0.2, 0.25) is 0 Å². The lowest BCUT2D eigenvalue weighted by molar-refractivity contribution is 0.0155. The predicted molar refractivity (Wildman–Crippen MR) is 71.3 cm³/mol. The van der Waals surface area contributed by atoms with E-state index in [1.807, 2.05) is 0 Å². The van der Waals surface area contributed by atoms with Crippen molar-refractivity contribution in [2.45, 2.75) is 45.1 Å². The Kier molecular flexibility index (Phi) is 5.75. The Labute approximate surface area is 106 Å². The number of rotatable bonds is 5. The highest BCUT2D eigenvalue weighted by atomic mass is 16.5. The fourth-order valence-electron chi connectivity index (χ4n) is 2.93. The molecule has 0 saturated carbocycles. The van der Waals surface area contributed by atoms with Crippen LogP contribution in [-0.4, -0.2) is 50.3 Å². The molecule has 0 aromatic heterocycles. The zero-order chi connectivity index (χ0) is 11.9. The van der Waals surface area contributed by atoms with E-state index in [1.165, 1.54) is 45.2 Å². The minimum atomic E-state index is 0.518. The SMILES string of the molecule is CCC1CCN(CCOC2CCNCC2)CC1. The summed E-state index contributed by atoms with van der Waals surface area (Å²) in [7, 11) is 0. The van der Waals surface area contributed by atoms with Crippen molar-refractivity contribution in [2.75, 3.05) is 39.3 Å². The maximum atomic E-state index is 5.96. The zero-order valence-electron chi connectivity index (χ0n) is 11.3. The van der Waals surface area contributed by atoms with Crippen LogP contribution in [0.15, 0.2) is 0 Å². The minimum Gasteiger partial charge on any atom is -0.377 e. The molecule has 2 heterocycles. The topological polar surface area (TPSA) is 24.5 Å². The molecule has 2 aliphatic heterocycles. The van der Waals surface area contributed by atoms with Crippen LogP contribution < -0.4 is 5.32 Å². The molecule has 0 aromatic carbocycles. The summed E-state index contributed by atoms with van der Waals surface area (Å²) in [6, 6.07) is 0. The van der Waals surface area contributed by atoms with Gasteiger partial charge >= 0.3 is 0 Å². The van der Waals surface area contributed by atoms with Gasteiger partial charge in [0.25, 0.3) is 0 Å². The molecule has 2 fully saturated rings. The smallest absolute Gasteiger partial charge is 0.0600 e. The van der Waals surface area contributed by atoms with Crippen LogP contribution in [0.3, 0.4) is 0 Å². The van der Waals surface area contributed by atoms with Crippen LogP contribution >= 0.6 is 0 Å². The number of piperidine rings is 2. The van der Waals surface area contributed by atoms with Crippen molar-refractivity contribution >= 4 is 0 Å². The van der Waals surface area contributed by atoms with Gasteiger partial charge in [0, 0.05) is 6.54 Å². The first-order valence-electron chi connectivity index (χ1n) is 7.43. The molecule has 100 valence electrons. The van der Waals surface area contributed by atoms with E-state index < -0.39 is 0 Å². The molecule has 1 N–H and O–H groups in total. The Balaban J connectivity index is 1.53. The third-order valence-corrected chi connectivity index (χ3v) is 4.33. The Hall–Kier alpha value is -0.120. The van der Waals surface area contributed by atoms with Crippen molar-refractivity contribution in [3.8, 4) is 0 Å². The Bertz CT molecular complexity index is 196. The minimum absolute atomic E-state index is 0.518. The van der Waals surface area contributed by atoms with Gasteiger partial charge in [-0.2, -0.15) is 0 Å². The standard InChI is InChI=1S/C14H28N2O/c1-2-13-5-9-16(10-6-13)11-12-17-14-3-7-15-8-4-14/h13-15H,2-12H2,1H3.